The Bertz CT molecular complexity index is 1690. The number of Topliss-reactive ketones (excluding diaryl/α,β-unsaturated/α-hetero) is 1. The Kier molecular flexibility index (Phi) is 6.03. The van der Waals surface area contributed by atoms with E-state index in [2.05, 4.69) is 10.3 Å². The molecule has 0 saturated carbocycles. The molecule has 2 aliphatic rings. The predicted octanol–water partition coefficient (Wildman–Crippen LogP) is 6.04. The summed E-state index contributed by atoms with van der Waals surface area (Å²) in [5.74, 6) is -0.0490. The van der Waals surface area contributed by atoms with Crippen LogP contribution in [0, 0.1) is 10.1 Å². The van der Waals surface area contributed by atoms with Gasteiger partial charge in [0.25, 0.3) is 5.69 Å². The van der Waals surface area contributed by atoms with Gasteiger partial charge in [-0.3, -0.25) is 19.9 Å². The summed E-state index contributed by atoms with van der Waals surface area (Å²) in [4.78, 5) is 40.8. The molecule has 1 aliphatic heterocycles. The average molecular weight is 522 g/mol. The van der Waals surface area contributed by atoms with Crippen LogP contribution in [0.25, 0.3) is 16.5 Å². The molecule has 0 fully saturated rings. The van der Waals surface area contributed by atoms with Gasteiger partial charge in [-0.05, 0) is 66.4 Å². The molecule has 9 nitrogen and oxygen atoms in total. The van der Waals surface area contributed by atoms with E-state index in [4.69, 9.17) is 9.47 Å². The first kappa shape index (κ1) is 24.3. The molecule has 4 aromatic rings. The summed E-state index contributed by atoms with van der Waals surface area (Å²) in [5, 5.41) is 15.5. The smallest absolute Gasteiger partial charge is 0.343 e. The third kappa shape index (κ3) is 4.27. The fourth-order valence-corrected chi connectivity index (χ4v) is 5.36. The van der Waals surface area contributed by atoms with Gasteiger partial charge in [-0.1, -0.05) is 12.1 Å². The maximum Gasteiger partial charge on any atom is 0.343 e. The van der Waals surface area contributed by atoms with Crippen LogP contribution >= 0.6 is 0 Å². The number of pyridine rings is 1. The number of allylic oxidation sites excluding steroid dienone is 1. The number of rotatable bonds is 5. The van der Waals surface area contributed by atoms with E-state index in [-0.39, 0.29) is 22.8 Å². The van der Waals surface area contributed by atoms with Gasteiger partial charge in [0.2, 0.25) is 0 Å². The number of nitrogens with one attached hydrogen (secondary N) is 1. The van der Waals surface area contributed by atoms with Gasteiger partial charge in [0.05, 0.1) is 29.2 Å². The lowest BCUT2D eigenvalue weighted by atomic mass is 9.77. The lowest BCUT2D eigenvalue weighted by molar-refractivity contribution is -0.384. The maximum absolute atomic E-state index is 13.3. The summed E-state index contributed by atoms with van der Waals surface area (Å²) in [5.41, 5.74) is 5.46. The standard InChI is InChI=1S/C30H23N3O6/c1-38-26-16-18(9-14-25(26)39-30(35)17-7-10-19(11-8-17)33(36)37)29-28-21(4-2-6-24(28)34)27-20-5-3-15-31-22(20)12-13-23(27)32-29/h3,5,7-16,29,32H,2,4,6H2,1H3/t29-/m1/s1. The second-order valence-electron chi connectivity index (χ2n) is 9.41. The van der Waals surface area contributed by atoms with E-state index < -0.39 is 16.9 Å². The molecule has 194 valence electrons. The zero-order valence-corrected chi connectivity index (χ0v) is 21.0. The van der Waals surface area contributed by atoms with Crippen molar-refractivity contribution in [1.29, 1.82) is 0 Å². The highest BCUT2D eigenvalue weighted by Gasteiger charge is 2.35. The van der Waals surface area contributed by atoms with E-state index in [0.717, 1.165) is 51.7 Å². The Morgan fingerprint density at radius 3 is 2.64 bits per heavy atom. The monoisotopic (exact) mass is 521 g/mol. The molecule has 0 spiro atoms. The Labute approximate surface area is 223 Å². The molecule has 3 aromatic carbocycles. The van der Waals surface area contributed by atoms with Crippen molar-refractivity contribution >= 4 is 39.6 Å². The number of ether oxygens (including phenoxy) is 2. The maximum atomic E-state index is 13.3. The third-order valence-electron chi connectivity index (χ3n) is 7.17. The van der Waals surface area contributed by atoms with Crippen molar-refractivity contribution in [1.82, 2.24) is 4.98 Å². The molecule has 0 bridgehead atoms. The number of carbonyl (C=O) groups excluding carboxylic acids is 2. The normalized spacial score (nSPS) is 16.2. The van der Waals surface area contributed by atoms with Crippen molar-refractivity contribution in [3.63, 3.8) is 0 Å². The first-order valence-corrected chi connectivity index (χ1v) is 12.5. The van der Waals surface area contributed by atoms with Gasteiger partial charge in [-0.2, -0.15) is 0 Å². The molecule has 1 atom stereocenters. The highest BCUT2D eigenvalue weighted by molar-refractivity contribution is 6.12. The number of nitrogens with zero attached hydrogens (tertiary/aromatic N) is 2. The van der Waals surface area contributed by atoms with Crippen molar-refractivity contribution in [3.8, 4) is 11.5 Å². The Morgan fingerprint density at radius 1 is 1.05 bits per heavy atom. The number of methoxy groups -OCH3 is 1. The number of nitro groups is 1. The van der Waals surface area contributed by atoms with Gasteiger partial charge in [0.15, 0.2) is 17.3 Å². The molecule has 0 unspecified atom stereocenters. The number of esters is 1. The topological polar surface area (TPSA) is 121 Å². The van der Waals surface area contributed by atoms with E-state index in [1.165, 1.54) is 31.4 Å². The van der Waals surface area contributed by atoms with Crippen LogP contribution in [0.2, 0.25) is 0 Å². The number of benzene rings is 3. The van der Waals surface area contributed by atoms with Crippen molar-refractivity contribution in [2.24, 2.45) is 0 Å². The molecule has 2 heterocycles. The number of hydrogen-bond donors (Lipinski definition) is 1. The molecule has 1 aliphatic carbocycles. The quantitative estimate of drug-likeness (QED) is 0.146. The van der Waals surface area contributed by atoms with Crippen LogP contribution in [0.3, 0.4) is 0 Å². The van der Waals surface area contributed by atoms with Gasteiger partial charge in [0.1, 0.15) is 0 Å². The van der Waals surface area contributed by atoms with Crippen LogP contribution in [-0.4, -0.2) is 28.8 Å². The largest absolute Gasteiger partial charge is 0.493 e. The Balaban J connectivity index is 1.36. The lowest BCUT2D eigenvalue weighted by Crippen LogP contribution is -2.27. The van der Waals surface area contributed by atoms with Gasteiger partial charge >= 0.3 is 5.97 Å². The number of nitro benzene ring substituents is 1. The van der Waals surface area contributed by atoms with Crippen LogP contribution in [0.1, 0.15) is 46.8 Å². The van der Waals surface area contributed by atoms with Crippen LogP contribution in [-0.2, 0) is 4.79 Å². The minimum Gasteiger partial charge on any atom is -0.493 e. The van der Waals surface area contributed by atoms with E-state index in [1.54, 1.807) is 24.4 Å². The summed E-state index contributed by atoms with van der Waals surface area (Å²) >= 11 is 0. The summed E-state index contributed by atoms with van der Waals surface area (Å²) in [6, 6.07) is 17.9. The van der Waals surface area contributed by atoms with Crippen LogP contribution in [0.5, 0.6) is 11.5 Å². The second-order valence-corrected chi connectivity index (χ2v) is 9.41. The summed E-state index contributed by atoms with van der Waals surface area (Å²) < 4.78 is 11.1. The van der Waals surface area contributed by atoms with Gasteiger partial charge in [-0.25, -0.2) is 4.79 Å². The first-order chi connectivity index (χ1) is 18.9. The molecular weight excluding hydrogens is 498 g/mol. The van der Waals surface area contributed by atoms with Gasteiger partial charge in [-0.15, -0.1) is 0 Å². The fourth-order valence-electron chi connectivity index (χ4n) is 5.36. The molecule has 0 saturated heterocycles. The fraction of sp³-hybridized carbons (Fsp3) is 0.167. The molecule has 1 aromatic heterocycles. The van der Waals surface area contributed by atoms with Crippen LogP contribution < -0.4 is 14.8 Å². The predicted molar refractivity (Wildman–Crippen MR) is 145 cm³/mol. The highest BCUT2D eigenvalue weighted by Crippen LogP contribution is 2.48. The van der Waals surface area contributed by atoms with Crippen molar-refractivity contribution in [3.05, 3.63) is 105 Å². The molecule has 0 amide bonds. The third-order valence-corrected chi connectivity index (χ3v) is 7.17. The number of aromatic nitrogens is 1. The summed E-state index contributed by atoms with van der Waals surface area (Å²) in [6.07, 6.45) is 3.83. The number of non-ortho nitro benzene ring substituents is 1. The SMILES string of the molecule is COc1cc([C@H]2Nc3ccc4ncccc4c3C3=C2C(=O)CCC3)ccc1OC(=O)c1ccc([N+](=O)[O-])cc1. The average Bonchev–Trinajstić information content (AvgIpc) is 2.96. The molecule has 6 rings (SSSR count). The van der Waals surface area contributed by atoms with Crippen molar-refractivity contribution in [2.75, 3.05) is 12.4 Å². The number of ketones is 1. The van der Waals surface area contributed by atoms with E-state index in [0.29, 0.717) is 12.2 Å². The molecule has 1 N–H and O–H groups in total. The number of fused-ring (bicyclic) bond motifs is 4. The van der Waals surface area contributed by atoms with Crippen LogP contribution in [0.4, 0.5) is 11.4 Å². The van der Waals surface area contributed by atoms with Gasteiger partial charge in [0, 0.05) is 47.0 Å². The highest BCUT2D eigenvalue weighted by atomic mass is 16.6. The molecule has 9 heteroatoms. The minimum atomic E-state index is -0.673. The van der Waals surface area contributed by atoms with E-state index in [1.807, 2.05) is 24.3 Å². The Morgan fingerprint density at radius 2 is 1.87 bits per heavy atom. The lowest BCUT2D eigenvalue weighted by Gasteiger charge is -2.35. The zero-order valence-electron chi connectivity index (χ0n) is 21.0. The number of carbonyl (C=O) groups is 2. The van der Waals surface area contributed by atoms with Crippen molar-refractivity contribution < 1.29 is 24.0 Å². The number of hydrogen-bond acceptors (Lipinski definition) is 8. The van der Waals surface area contributed by atoms with Gasteiger partial charge < -0.3 is 14.8 Å². The summed E-state index contributed by atoms with van der Waals surface area (Å²) in [7, 11) is 1.47. The second kappa shape index (κ2) is 9.68. The molecule has 39 heavy (non-hydrogen) atoms. The minimum absolute atomic E-state index is 0.105. The first-order valence-electron chi connectivity index (χ1n) is 12.5. The van der Waals surface area contributed by atoms with E-state index in [9.17, 15) is 19.7 Å². The molecule has 0 radical (unpaired) electrons. The van der Waals surface area contributed by atoms with E-state index >= 15 is 0 Å². The van der Waals surface area contributed by atoms with Crippen LogP contribution in [0.15, 0.2) is 78.5 Å². The molecular formula is C30H23N3O6. The zero-order chi connectivity index (χ0) is 27.1. The summed E-state index contributed by atoms with van der Waals surface area (Å²) in [6.45, 7) is 0. The Hall–Kier alpha value is -5.05. The van der Waals surface area contributed by atoms with Crippen molar-refractivity contribution in [2.45, 2.75) is 25.3 Å². The number of anilines is 1.